The SMILES string of the molecule is CN1CCCCCCCN(C)C1. The van der Waals surface area contributed by atoms with Gasteiger partial charge in [0.25, 0.3) is 0 Å². The summed E-state index contributed by atoms with van der Waals surface area (Å²) in [5, 5.41) is 0. The Bertz CT molecular complexity index is 102. The lowest BCUT2D eigenvalue weighted by Crippen LogP contribution is -2.34. The second-order valence-electron chi connectivity index (χ2n) is 4.07. The standard InChI is InChI=1S/C10H22N2/c1-11-8-6-4-3-5-7-9-12(2)10-11/h3-10H2,1-2H3. The van der Waals surface area contributed by atoms with E-state index >= 15 is 0 Å². The van der Waals surface area contributed by atoms with E-state index in [1.807, 2.05) is 0 Å². The molecule has 72 valence electrons. The maximum absolute atomic E-state index is 2.42. The lowest BCUT2D eigenvalue weighted by molar-refractivity contribution is 0.172. The van der Waals surface area contributed by atoms with E-state index in [-0.39, 0.29) is 0 Å². The molecule has 0 unspecified atom stereocenters. The molecule has 0 radical (unpaired) electrons. The molecule has 0 aromatic rings. The van der Waals surface area contributed by atoms with E-state index < -0.39 is 0 Å². The van der Waals surface area contributed by atoms with Gasteiger partial charge < -0.3 is 0 Å². The van der Waals surface area contributed by atoms with Crippen molar-refractivity contribution in [3.63, 3.8) is 0 Å². The second-order valence-corrected chi connectivity index (χ2v) is 4.07. The summed E-state index contributed by atoms with van der Waals surface area (Å²) in [5.74, 6) is 0. The van der Waals surface area contributed by atoms with Gasteiger partial charge >= 0.3 is 0 Å². The molecule has 1 aliphatic rings. The highest BCUT2D eigenvalue weighted by Crippen LogP contribution is 2.07. The van der Waals surface area contributed by atoms with Crippen LogP contribution in [0.3, 0.4) is 0 Å². The first-order valence-electron chi connectivity index (χ1n) is 5.16. The molecule has 1 heterocycles. The zero-order valence-electron chi connectivity index (χ0n) is 8.55. The lowest BCUT2D eigenvalue weighted by atomic mass is 10.1. The van der Waals surface area contributed by atoms with Crippen molar-refractivity contribution in [3.8, 4) is 0 Å². The van der Waals surface area contributed by atoms with Gasteiger partial charge in [-0.2, -0.15) is 0 Å². The molecule has 0 atom stereocenters. The van der Waals surface area contributed by atoms with Crippen LogP contribution in [0, 0.1) is 0 Å². The van der Waals surface area contributed by atoms with Gasteiger partial charge in [0.15, 0.2) is 0 Å². The van der Waals surface area contributed by atoms with Crippen LogP contribution in [0.15, 0.2) is 0 Å². The van der Waals surface area contributed by atoms with Gasteiger partial charge in [-0.25, -0.2) is 0 Å². The summed E-state index contributed by atoms with van der Waals surface area (Å²) in [6.45, 7) is 3.68. The number of rotatable bonds is 0. The molecule has 0 aromatic heterocycles. The van der Waals surface area contributed by atoms with E-state index in [0.717, 1.165) is 6.67 Å². The summed E-state index contributed by atoms with van der Waals surface area (Å²) in [6, 6.07) is 0. The highest BCUT2D eigenvalue weighted by atomic mass is 15.3. The quantitative estimate of drug-likeness (QED) is 0.547. The van der Waals surface area contributed by atoms with Crippen LogP contribution in [0.4, 0.5) is 0 Å². The first-order valence-corrected chi connectivity index (χ1v) is 5.16. The van der Waals surface area contributed by atoms with Crippen LogP contribution < -0.4 is 0 Å². The minimum atomic E-state index is 1.14. The normalized spacial score (nSPS) is 25.5. The lowest BCUT2D eigenvalue weighted by Gasteiger charge is -2.25. The third kappa shape index (κ3) is 4.07. The van der Waals surface area contributed by atoms with Crippen LogP contribution >= 0.6 is 0 Å². The summed E-state index contributed by atoms with van der Waals surface area (Å²) in [6.07, 6.45) is 7.04. The summed E-state index contributed by atoms with van der Waals surface area (Å²) >= 11 is 0. The van der Waals surface area contributed by atoms with Crippen molar-refractivity contribution in [3.05, 3.63) is 0 Å². The average Bonchev–Trinajstić information content (AvgIpc) is 2.02. The van der Waals surface area contributed by atoms with E-state index in [1.165, 1.54) is 45.2 Å². The van der Waals surface area contributed by atoms with E-state index in [0.29, 0.717) is 0 Å². The first kappa shape index (κ1) is 10.0. The number of hydrogen-bond acceptors (Lipinski definition) is 2. The zero-order chi connectivity index (χ0) is 8.81. The van der Waals surface area contributed by atoms with Crippen molar-refractivity contribution in [2.45, 2.75) is 32.1 Å². The van der Waals surface area contributed by atoms with Gasteiger partial charge in [0.2, 0.25) is 0 Å². The van der Waals surface area contributed by atoms with Crippen LogP contribution in [-0.2, 0) is 0 Å². The topological polar surface area (TPSA) is 6.48 Å². The summed E-state index contributed by atoms with van der Waals surface area (Å²) in [7, 11) is 4.44. The Hall–Kier alpha value is -0.0800. The number of nitrogens with zero attached hydrogens (tertiary/aromatic N) is 2. The molecule has 0 aromatic carbocycles. The van der Waals surface area contributed by atoms with Crippen LogP contribution in [-0.4, -0.2) is 43.7 Å². The third-order valence-electron chi connectivity index (χ3n) is 2.56. The zero-order valence-corrected chi connectivity index (χ0v) is 8.55. The minimum absolute atomic E-state index is 1.14. The minimum Gasteiger partial charge on any atom is -0.294 e. The predicted molar refractivity (Wildman–Crippen MR) is 53.2 cm³/mol. The molecule has 0 N–H and O–H groups in total. The van der Waals surface area contributed by atoms with E-state index in [1.54, 1.807) is 0 Å². The highest BCUT2D eigenvalue weighted by Gasteiger charge is 2.04. The summed E-state index contributed by atoms with van der Waals surface area (Å²) in [5.41, 5.74) is 0. The average molecular weight is 170 g/mol. The Morgan fingerprint density at radius 3 is 1.58 bits per heavy atom. The molecule has 0 saturated carbocycles. The van der Waals surface area contributed by atoms with Gasteiger partial charge in [-0.05, 0) is 40.0 Å². The molecule has 0 spiro atoms. The van der Waals surface area contributed by atoms with Gasteiger partial charge in [-0.15, -0.1) is 0 Å². The van der Waals surface area contributed by atoms with E-state index in [9.17, 15) is 0 Å². The maximum Gasteiger partial charge on any atom is 0.0500 e. The second kappa shape index (κ2) is 5.55. The molecule has 0 bridgehead atoms. The van der Waals surface area contributed by atoms with Gasteiger partial charge in [0.1, 0.15) is 0 Å². The van der Waals surface area contributed by atoms with Crippen molar-refractivity contribution in [1.29, 1.82) is 0 Å². The largest absolute Gasteiger partial charge is 0.294 e. The monoisotopic (exact) mass is 170 g/mol. The molecule has 1 rings (SSSR count). The molecular weight excluding hydrogens is 148 g/mol. The van der Waals surface area contributed by atoms with E-state index in [4.69, 9.17) is 0 Å². The fourth-order valence-electron chi connectivity index (χ4n) is 1.85. The van der Waals surface area contributed by atoms with Crippen molar-refractivity contribution < 1.29 is 0 Å². The van der Waals surface area contributed by atoms with Crippen LogP contribution in [0.25, 0.3) is 0 Å². The molecule has 0 amide bonds. The Labute approximate surface area is 76.5 Å². The molecule has 1 aliphatic heterocycles. The van der Waals surface area contributed by atoms with Crippen LogP contribution in [0.2, 0.25) is 0 Å². The number of hydrogen-bond donors (Lipinski definition) is 0. The molecule has 12 heavy (non-hydrogen) atoms. The van der Waals surface area contributed by atoms with Crippen LogP contribution in [0.5, 0.6) is 0 Å². The third-order valence-corrected chi connectivity index (χ3v) is 2.56. The highest BCUT2D eigenvalue weighted by molar-refractivity contribution is 4.57. The fourth-order valence-corrected chi connectivity index (χ4v) is 1.85. The molecule has 0 aliphatic carbocycles. The molecule has 1 fully saturated rings. The predicted octanol–water partition coefficient (Wildman–Crippen LogP) is 1.77. The van der Waals surface area contributed by atoms with Crippen molar-refractivity contribution in [2.24, 2.45) is 0 Å². The van der Waals surface area contributed by atoms with Crippen molar-refractivity contribution in [1.82, 2.24) is 9.80 Å². The molecular formula is C10H22N2. The smallest absolute Gasteiger partial charge is 0.0500 e. The molecule has 2 nitrogen and oxygen atoms in total. The Morgan fingerprint density at radius 2 is 1.08 bits per heavy atom. The summed E-state index contributed by atoms with van der Waals surface area (Å²) < 4.78 is 0. The van der Waals surface area contributed by atoms with Crippen molar-refractivity contribution in [2.75, 3.05) is 33.9 Å². The fraction of sp³-hybridized carbons (Fsp3) is 1.00. The van der Waals surface area contributed by atoms with Gasteiger partial charge in [0.05, 0.1) is 6.67 Å². The van der Waals surface area contributed by atoms with E-state index in [2.05, 4.69) is 23.9 Å². The first-order chi connectivity index (χ1) is 5.79. The Balaban J connectivity index is 2.24. The van der Waals surface area contributed by atoms with Gasteiger partial charge in [-0.1, -0.05) is 19.3 Å². The molecule has 2 heteroatoms. The van der Waals surface area contributed by atoms with Gasteiger partial charge in [-0.3, -0.25) is 9.80 Å². The van der Waals surface area contributed by atoms with Crippen LogP contribution in [0.1, 0.15) is 32.1 Å². The Kier molecular flexibility index (Phi) is 4.62. The van der Waals surface area contributed by atoms with Crippen molar-refractivity contribution >= 4 is 0 Å². The maximum atomic E-state index is 2.42. The summed E-state index contributed by atoms with van der Waals surface area (Å²) in [4.78, 5) is 4.84. The Morgan fingerprint density at radius 1 is 0.667 bits per heavy atom. The van der Waals surface area contributed by atoms with Gasteiger partial charge in [0, 0.05) is 0 Å². The molecule has 1 saturated heterocycles.